The Kier molecular flexibility index (Phi) is 4.11. The lowest BCUT2D eigenvalue weighted by atomic mass is 10.1. The molecule has 0 aliphatic carbocycles. The van der Waals surface area contributed by atoms with Crippen LogP contribution in [-0.2, 0) is 10.0 Å². The maximum absolute atomic E-state index is 13.9. The molecule has 0 bridgehead atoms. The number of nitrogens with one attached hydrogen (secondary N) is 1. The summed E-state index contributed by atoms with van der Waals surface area (Å²) in [6.07, 6.45) is 0. The Morgan fingerprint density at radius 1 is 1.14 bits per heavy atom. The zero-order valence-electron chi connectivity index (χ0n) is 11.4. The second kappa shape index (κ2) is 5.54. The Hall–Kier alpha value is -1.79. The minimum absolute atomic E-state index is 0.0503. The van der Waals surface area contributed by atoms with E-state index in [1.54, 1.807) is 18.2 Å². The monoisotopic (exact) mass is 328 g/mol. The molecule has 0 aliphatic heterocycles. The van der Waals surface area contributed by atoms with Gasteiger partial charge >= 0.3 is 0 Å². The van der Waals surface area contributed by atoms with E-state index in [4.69, 9.17) is 17.3 Å². The summed E-state index contributed by atoms with van der Waals surface area (Å²) in [6.45, 7) is 3.76. The van der Waals surface area contributed by atoms with Crippen LogP contribution in [0.2, 0.25) is 5.02 Å². The predicted molar refractivity (Wildman–Crippen MR) is 82.5 cm³/mol. The van der Waals surface area contributed by atoms with Crippen LogP contribution in [0.1, 0.15) is 11.1 Å². The van der Waals surface area contributed by atoms with E-state index in [0.717, 1.165) is 23.3 Å². The molecule has 7 heteroatoms. The lowest BCUT2D eigenvalue weighted by molar-refractivity contribution is 0.573. The molecule has 0 saturated heterocycles. The zero-order chi connectivity index (χ0) is 15.8. The van der Waals surface area contributed by atoms with Gasteiger partial charge in [0, 0.05) is 10.7 Å². The molecule has 0 atom stereocenters. The van der Waals surface area contributed by atoms with Crippen LogP contribution in [0.3, 0.4) is 0 Å². The van der Waals surface area contributed by atoms with Crippen molar-refractivity contribution in [2.24, 2.45) is 0 Å². The summed E-state index contributed by atoms with van der Waals surface area (Å²) in [7, 11) is -4.11. The van der Waals surface area contributed by atoms with Gasteiger partial charge in [0.05, 0.1) is 5.69 Å². The van der Waals surface area contributed by atoms with Crippen molar-refractivity contribution in [3.8, 4) is 0 Å². The maximum Gasteiger partial charge on any atom is 0.264 e. The highest BCUT2D eigenvalue weighted by atomic mass is 35.5. The molecule has 2 rings (SSSR count). The zero-order valence-corrected chi connectivity index (χ0v) is 13.0. The van der Waals surface area contributed by atoms with Gasteiger partial charge in [-0.1, -0.05) is 17.7 Å². The first-order valence-corrected chi connectivity index (χ1v) is 7.91. The van der Waals surface area contributed by atoms with Crippen LogP contribution in [-0.4, -0.2) is 8.42 Å². The molecule has 0 fully saturated rings. The van der Waals surface area contributed by atoms with E-state index >= 15 is 0 Å². The fourth-order valence-electron chi connectivity index (χ4n) is 1.80. The molecule has 2 aromatic rings. The van der Waals surface area contributed by atoms with Crippen molar-refractivity contribution in [2.75, 3.05) is 10.5 Å². The Bertz CT molecular complexity index is 807. The second-order valence-electron chi connectivity index (χ2n) is 4.71. The van der Waals surface area contributed by atoms with Crippen LogP contribution in [0.5, 0.6) is 0 Å². The number of hydrogen-bond donors (Lipinski definition) is 2. The quantitative estimate of drug-likeness (QED) is 0.847. The predicted octanol–water partition coefficient (Wildman–Crippen LogP) is 3.48. The van der Waals surface area contributed by atoms with Gasteiger partial charge in [-0.15, -0.1) is 0 Å². The fourth-order valence-corrected chi connectivity index (χ4v) is 3.27. The Balaban J connectivity index is 2.45. The summed E-state index contributed by atoms with van der Waals surface area (Å²) in [6, 6.07) is 7.23. The van der Waals surface area contributed by atoms with E-state index < -0.39 is 20.7 Å². The van der Waals surface area contributed by atoms with Crippen molar-refractivity contribution in [1.29, 1.82) is 0 Å². The van der Waals surface area contributed by atoms with Crippen molar-refractivity contribution < 1.29 is 12.8 Å². The maximum atomic E-state index is 13.9. The standard InChI is InChI=1S/C14H14ClFN2O2S/c1-8-3-4-11(5-9(8)2)18-21(19,20)13-7-10(15)6-12(17)14(13)16/h3-7,18H,17H2,1-2H3. The number of benzene rings is 2. The van der Waals surface area contributed by atoms with Crippen LogP contribution in [0.25, 0.3) is 0 Å². The van der Waals surface area contributed by atoms with Crippen molar-refractivity contribution >= 4 is 33.0 Å². The Morgan fingerprint density at radius 3 is 2.43 bits per heavy atom. The number of nitrogen functional groups attached to an aromatic ring is 1. The molecular formula is C14H14ClFN2O2S. The topological polar surface area (TPSA) is 72.2 Å². The van der Waals surface area contributed by atoms with E-state index in [9.17, 15) is 12.8 Å². The van der Waals surface area contributed by atoms with Crippen molar-refractivity contribution in [3.05, 3.63) is 52.3 Å². The second-order valence-corrected chi connectivity index (χ2v) is 6.80. The minimum Gasteiger partial charge on any atom is -0.396 e. The van der Waals surface area contributed by atoms with E-state index in [2.05, 4.69) is 4.72 Å². The van der Waals surface area contributed by atoms with E-state index in [0.29, 0.717) is 5.69 Å². The number of aryl methyl sites for hydroxylation is 2. The largest absolute Gasteiger partial charge is 0.396 e. The number of halogens is 2. The molecule has 0 heterocycles. The summed E-state index contributed by atoms with van der Waals surface area (Å²) in [5.74, 6) is -1.02. The molecule has 0 radical (unpaired) electrons. The van der Waals surface area contributed by atoms with E-state index in [-0.39, 0.29) is 10.7 Å². The Morgan fingerprint density at radius 2 is 1.81 bits per heavy atom. The third kappa shape index (κ3) is 3.28. The van der Waals surface area contributed by atoms with Gasteiger partial charge in [-0.05, 0) is 49.2 Å². The first kappa shape index (κ1) is 15.6. The van der Waals surface area contributed by atoms with Crippen LogP contribution in [0.15, 0.2) is 35.2 Å². The normalized spacial score (nSPS) is 11.4. The van der Waals surface area contributed by atoms with Crippen LogP contribution in [0, 0.1) is 19.7 Å². The molecule has 0 saturated carbocycles. The fraction of sp³-hybridized carbons (Fsp3) is 0.143. The van der Waals surface area contributed by atoms with Gasteiger partial charge in [-0.3, -0.25) is 4.72 Å². The molecular weight excluding hydrogens is 315 g/mol. The first-order chi connectivity index (χ1) is 9.70. The molecule has 0 aliphatic rings. The molecule has 3 N–H and O–H groups in total. The lowest BCUT2D eigenvalue weighted by Crippen LogP contribution is -2.15. The molecule has 0 spiro atoms. The molecule has 21 heavy (non-hydrogen) atoms. The molecule has 2 aromatic carbocycles. The highest BCUT2D eigenvalue weighted by Crippen LogP contribution is 2.27. The van der Waals surface area contributed by atoms with E-state index in [1.165, 1.54) is 0 Å². The lowest BCUT2D eigenvalue weighted by Gasteiger charge is -2.11. The third-order valence-electron chi connectivity index (χ3n) is 3.08. The minimum atomic E-state index is -4.11. The summed E-state index contributed by atoms with van der Waals surface area (Å²) < 4.78 is 40.8. The van der Waals surface area contributed by atoms with Crippen LogP contribution < -0.4 is 10.5 Å². The van der Waals surface area contributed by atoms with Gasteiger partial charge < -0.3 is 5.73 Å². The number of rotatable bonds is 3. The number of hydrogen-bond acceptors (Lipinski definition) is 3. The van der Waals surface area contributed by atoms with Crippen LogP contribution >= 0.6 is 11.6 Å². The van der Waals surface area contributed by atoms with Crippen molar-refractivity contribution in [2.45, 2.75) is 18.7 Å². The molecule has 4 nitrogen and oxygen atoms in total. The summed E-state index contributed by atoms with van der Waals surface area (Å²) in [4.78, 5) is -0.578. The van der Waals surface area contributed by atoms with Gasteiger partial charge in [0.1, 0.15) is 4.90 Å². The number of sulfonamides is 1. The molecule has 0 amide bonds. The van der Waals surface area contributed by atoms with Gasteiger partial charge in [0.15, 0.2) is 5.82 Å². The molecule has 0 unspecified atom stereocenters. The number of anilines is 2. The third-order valence-corrected chi connectivity index (χ3v) is 4.68. The highest BCUT2D eigenvalue weighted by Gasteiger charge is 2.22. The van der Waals surface area contributed by atoms with Crippen molar-refractivity contribution in [3.63, 3.8) is 0 Å². The highest BCUT2D eigenvalue weighted by molar-refractivity contribution is 7.92. The van der Waals surface area contributed by atoms with Gasteiger partial charge in [0.2, 0.25) is 0 Å². The van der Waals surface area contributed by atoms with Crippen LogP contribution in [0.4, 0.5) is 15.8 Å². The SMILES string of the molecule is Cc1ccc(NS(=O)(=O)c2cc(Cl)cc(N)c2F)cc1C. The van der Waals surface area contributed by atoms with Gasteiger partial charge in [-0.2, -0.15) is 0 Å². The molecule has 0 aromatic heterocycles. The van der Waals surface area contributed by atoms with Crippen molar-refractivity contribution in [1.82, 2.24) is 0 Å². The smallest absolute Gasteiger partial charge is 0.264 e. The van der Waals surface area contributed by atoms with Gasteiger partial charge in [-0.25, -0.2) is 12.8 Å². The average Bonchev–Trinajstić information content (AvgIpc) is 2.37. The average molecular weight is 329 g/mol. The summed E-state index contributed by atoms with van der Waals surface area (Å²) in [5.41, 5.74) is 7.37. The summed E-state index contributed by atoms with van der Waals surface area (Å²) >= 11 is 5.74. The molecule has 112 valence electrons. The number of nitrogens with two attached hydrogens (primary N) is 1. The summed E-state index contributed by atoms with van der Waals surface area (Å²) in [5, 5.41) is 0.0503. The Labute approximate surface area is 127 Å². The van der Waals surface area contributed by atoms with E-state index in [1.807, 2.05) is 13.8 Å². The first-order valence-electron chi connectivity index (χ1n) is 6.05. The van der Waals surface area contributed by atoms with Gasteiger partial charge in [0.25, 0.3) is 10.0 Å².